The minimum Gasteiger partial charge on any atom is -0.481 e. The zero-order valence-electron chi connectivity index (χ0n) is 30.6. The Hall–Kier alpha value is -1.43. The molecule has 1 aliphatic heterocycles. The number of ether oxygens (including phenoxy) is 2. The molecule has 5 heteroatoms. The molecule has 0 unspecified atom stereocenters. The number of benzene rings is 1. The third kappa shape index (κ3) is 4.67. The molecule has 5 saturated carbocycles. The van der Waals surface area contributed by atoms with E-state index in [-0.39, 0.29) is 39.1 Å². The van der Waals surface area contributed by atoms with Gasteiger partial charge in [-0.15, -0.1) is 0 Å². The number of rotatable bonds is 8. The summed E-state index contributed by atoms with van der Waals surface area (Å²) in [5, 5.41) is 22.6. The fraction of sp³-hybridized carbons (Fsp3) is 0.833. The van der Waals surface area contributed by atoms with Crippen LogP contribution in [0.25, 0.3) is 0 Å². The van der Waals surface area contributed by atoms with Crippen molar-refractivity contribution in [3.8, 4) is 0 Å². The molecule has 6 aliphatic rings. The Bertz CT molecular complexity index is 1360. The molecule has 12 atom stereocenters. The fourth-order valence-corrected chi connectivity index (χ4v) is 14.3. The highest BCUT2D eigenvalue weighted by molar-refractivity contribution is 5.74. The van der Waals surface area contributed by atoms with Crippen molar-refractivity contribution in [3.05, 3.63) is 35.4 Å². The molecule has 0 aromatic heterocycles. The van der Waals surface area contributed by atoms with Gasteiger partial charge in [0.1, 0.15) is 0 Å². The van der Waals surface area contributed by atoms with Gasteiger partial charge in [-0.25, -0.2) is 0 Å². The normalized spacial score (nSPS) is 50.2. The highest BCUT2D eigenvalue weighted by Crippen LogP contribution is 2.80. The molecule has 1 aromatic carbocycles. The van der Waals surface area contributed by atoms with Gasteiger partial charge < -0.3 is 19.7 Å². The molecule has 2 N–H and O–H groups in total. The van der Waals surface area contributed by atoms with Crippen molar-refractivity contribution >= 4 is 5.97 Å². The van der Waals surface area contributed by atoms with Gasteiger partial charge in [0.15, 0.2) is 5.79 Å². The van der Waals surface area contributed by atoms with Crippen LogP contribution >= 0.6 is 0 Å². The first kappa shape index (κ1) is 34.0. The predicted molar refractivity (Wildman–Crippen MR) is 186 cm³/mol. The molecule has 0 radical (unpaired) electrons. The monoisotopic (exact) mass is 648 g/mol. The van der Waals surface area contributed by atoms with Crippen molar-refractivity contribution in [3.63, 3.8) is 0 Å². The van der Waals surface area contributed by atoms with Crippen molar-refractivity contribution in [2.75, 3.05) is 13.7 Å². The smallest absolute Gasteiger partial charge is 0.309 e. The summed E-state index contributed by atoms with van der Waals surface area (Å²) >= 11 is 0. The van der Waals surface area contributed by atoms with Gasteiger partial charge in [0.2, 0.25) is 0 Å². The fourth-order valence-electron chi connectivity index (χ4n) is 14.3. The molecule has 6 fully saturated rings. The molecule has 7 rings (SSSR count). The molecule has 1 saturated heterocycles. The molecule has 262 valence electrons. The standard InChI is InChI=1S/C42H64O5/c1-8-9-32-41-17-14-30-38(4,22-24-40(6)33-27-37(3,35(43)44)20-19-36(33,2)21-23-39(30,40)5)31(41)15-18-42(32,45)47-34(41)26-29-12-10-28(11-13-29)16-25-46-7/h10-13,30-34,45H,8-9,14-27H2,1-7H3,(H,43,44)/t30-,31-,32+,33+,34-,36+,37+,38+,39+,40-,41+,42-/m0/s1. The van der Waals surface area contributed by atoms with Gasteiger partial charge >= 0.3 is 5.97 Å². The van der Waals surface area contributed by atoms with Gasteiger partial charge in [-0.3, -0.25) is 4.79 Å². The van der Waals surface area contributed by atoms with Crippen molar-refractivity contribution in [1.82, 2.24) is 0 Å². The maximum Gasteiger partial charge on any atom is 0.309 e. The SMILES string of the molecule is CCC[C@@H]1[C@@]23CC[C@H]4[C@@](C)(CC[C@@]5(C)[C@@H]6C[C@](C)(C(=O)O)CC[C@]6(C)CC[C@]45C)[C@@H]2CC[C@]1(O)O[C@H]3Cc1ccc(CCOC)cc1. The van der Waals surface area contributed by atoms with Crippen LogP contribution < -0.4 is 0 Å². The lowest BCUT2D eigenvalue weighted by Gasteiger charge is -2.75. The number of aliphatic hydroxyl groups is 1. The summed E-state index contributed by atoms with van der Waals surface area (Å²) in [5.74, 6) is 0.174. The Labute approximate surface area is 285 Å². The Balaban J connectivity index is 1.24. The highest BCUT2D eigenvalue weighted by Gasteiger charge is 2.76. The molecular formula is C42H64O5. The minimum atomic E-state index is -1.01. The number of carboxylic acid groups (broad SMARTS) is 1. The Morgan fingerprint density at radius 2 is 1.49 bits per heavy atom. The van der Waals surface area contributed by atoms with Gasteiger partial charge in [-0.2, -0.15) is 0 Å². The predicted octanol–water partition coefficient (Wildman–Crippen LogP) is 9.23. The van der Waals surface area contributed by atoms with Crippen molar-refractivity contribution in [2.24, 2.45) is 56.2 Å². The average Bonchev–Trinajstić information content (AvgIpc) is 3.16. The van der Waals surface area contributed by atoms with E-state index < -0.39 is 17.2 Å². The third-order valence-electron chi connectivity index (χ3n) is 17.2. The number of hydrogen-bond donors (Lipinski definition) is 2. The van der Waals surface area contributed by atoms with Crippen LogP contribution in [0.15, 0.2) is 24.3 Å². The molecule has 47 heavy (non-hydrogen) atoms. The van der Waals surface area contributed by atoms with Crippen molar-refractivity contribution in [1.29, 1.82) is 0 Å². The number of aliphatic carboxylic acids is 1. The second kappa shape index (κ2) is 11.3. The van der Waals surface area contributed by atoms with Crippen LogP contribution in [0, 0.1) is 56.2 Å². The van der Waals surface area contributed by atoms with Crippen LogP contribution in [-0.4, -0.2) is 41.8 Å². The molecule has 1 aromatic rings. The molecule has 1 spiro atoms. The topological polar surface area (TPSA) is 76.0 Å². The van der Waals surface area contributed by atoms with E-state index in [0.29, 0.717) is 17.8 Å². The summed E-state index contributed by atoms with van der Waals surface area (Å²) in [7, 11) is 1.76. The van der Waals surface area contributed by atoms with Gasteiger partial charge in [0.25, 0.3) is 0 Å². The lowest BCUT2D eigenvalue weighted by atomic mass is 9.29. The maximum absolute atomic E-state index is 12.6. The Kier molecular flexibility index (Phi) is 8.18. The molecule has 2 bridgehead atoms. The number of fused-ring (bicyclic) bond motifs is 7. The van der Waals surface area contributed by atoms with Gasteiger partial charge in [-0.05, 0) is 141 Å². The number of carboxylic acids is 1. The van der Waals surface area contributed by atoms with E-state index in [1.54, 1.807) is 7.11 Å². The number of carbonyl (C=O) groups is 1. The Morgan fingerprint density at radius 1 is 0.851 bits per heavy atom. The van der Waals surface area contributed by atoms with Crippen molar-refractivity contribution in [2.45, 2.75) is 150 Å². The second-order valence-electron chi connectivity index (χ2n) is 19.0. The molecule has 0 amide bonds. The lowest BCUT2D eigenvalue weighted by molar-refractivity contribution is -0.269. The van der Waals surface area contributed by atoms with Crippen LogP contribution in [0.5, 0.6) is 0 Å². The number of hydrogen-bond acceptors (Lipinski definition) is 4. The largest absolute Gasteiger partial charge is 0.481 e. The molecule has 5 nitrogen and oxygen atoms in total. The highest BCUT2D eigenvalue weighted by atomic mass is 16.6. The van der Waals surface area contributed by atoms with E-state index in [1.807, 2.05) is 6.92 Å². The van der Waals surface area contributed by atoms with E-state index in [9.17, 15) is 15.0 Å². The Morgan fingerprint density at radius 3 is 2.17 bits per heavy atom. The average molecular weight is 649 g/mol. The maximum atomic E-state index is 12.6. The first-order valence-electron chi connectivity index (χ1n) is 19.3. The van der Waals surface area contributed by atoms with Gasteiger partial charge in [0, 0.05) is 24.9 Å². The van der Waals surface area contributed by atoms with E-state index in [0.717, 1.165) is 70.8 Å². The zero-order valence-corrected chi connectivity index (χ0v) is 30.6. The second-order valence-corrected chi connectivity index (χ2v) is 19.0. The summed E-state index contributed by atoms with van der Waals surface area (Å²) in [4.78, 5) is 12.6. The summed E-state index contributed by atoms with van der Waals surface area (Å²) in [6, 6.07) is 9.08. The van der Waals surface area contributed by atoms with Crippen LogP contribution in [0.2, 0.25) is 0 Å². The first-order valence-corrected chi connectivity index (χ1v) is 19.3. The van der Waals surface area contributed by atoms with Gasteiger partial charge in [-0.1, -0.05) is 65.3 Å². The lowest BCUT2D eigenvalue weighted by Crippen LogP contribution is -2.69. The first-order chi connectivity index (χ1) is 22.1. The van der Waals surface area contributed by atoms with E-state index in [2.05, 4.69) is 58.9 Å². The third-order valence-corrected chi connectivity index (χ3v) is 17.2. The van der Waals surface area contributed by atoms with Gasteiger partial charge in [0.05, 0.1) is 18.1 Å². The molecule has 1 heterocycles. The van der Waals surface area contributed by atoms with E-state index in [1.165, 1.54) is 43.2 Å². The van der Waals surface area contributed by atoms with Crippen LogP contribution in [0.4, 0.5) is 0 Å². The van der Waals surface area contributed by atoms with Crippen LogP contribution in [-0.2, 0) is 27.1 Å². The van der Waals surface area contributed by atoms with Crippen molar-refractivity contribution < 1.29 is 24.5 Å². The zero-order chi connectivity index (χ0) is 33.7. The summed E-state index contributed by atoms with van der Waals surface area (Å²) in [6.45, 7) is 15.5. The quantitative estimate of drug-likeness (QED) is 0.294. The van der Waals surface area contributed by atoms with Crippen LogP contribution in [0.3, 0.4) is 0 Å². The summed E-state index contributed by atoms with van der Waals surface area (Å²) in [5.41, 5.74) is 2.75. The molecule has 5 aliphatic carbocycles. The summed E-state index contributed by atoms with van der Waals surface area (Å²) in [6.07, 6.45) is 15.7. The molecular weight excluding hydrogens is 584 g/mol. The van der Waals surface area contributed by atoms with Crippen LogP contribution in [0.1, 0.15) is 136 Å². The minimum absolute atomic E-state index is 0.0109. The van der Waals surface area contributed by atoms with E-state index in [4.69, 9.17) is 9.47 Å². The van der Waals surface area contributed by atoms with E-state index >= 15 is 0 Å². The number of methoxy groups -OCH3 is 1. The summed E-state index contributed by atoms with van der Waals surface area (Å²) < 4.78 is 12.3.